The van der Waals surface area contributed by atoms with E-state index in [1.54, 1.807) is 23.9 Å². The number of thiophene rings is 1. The fourth-order valence-electron chi connectivity index (χ4n) is 2.49. The Morgan fingerprint density at radius 3 is 2.79 bits per heavy atom. The first-order valence-corrected chi connectivity index (χ1v) is 8.65. The lowest BCUT2D eigenvalue weighted by molar-refractivity contribution is 0.317. The third-order valence-electron chi connectivity index (χ3n) is 3.62. The predicted octanol–water partition coefficient (Wildman–Crippen LogP) is 4.77. The van der Waals surface area contributed by atoms with Crippen LogP contribution in [0.15, 0.2) is 48.9 Å². The summed E-state index contributed by atoms with van der Waals surface area (Å²) in [4.78, 5) is 14.2. The summed E-state index contributed by atoms with van der Waals surface area (Å²) >= 11 is 1.60. The number of aromatic nitrogens is 3. The van der Waals surface area contributed by atoms with Crippen molar-refractivity contribution in [2.45, 2.75) is 13.3 Å². The molecule has 0 aliphatic carbocycles. The van der Waals surface area contributed by atoms with Gasteiger partial charge in [0.1, 0.15) is 16.9 Å². The molecule has 5 nitrogen and oxygen atoms in total. The monoisotopic (exact) mass is 336 g/mol. The predicted molar refractivity (Wildman–Crippen MR) is 98.2 cm³/mol. The van der Waals surface area contributed by atoms with Crippen molar-refractivity contribution >= 4 is 43.3 Å². The van der Waals surface area contributed by atoms with Crippen molar-refractivity contribution in [3.05, 3.63) is 48.9 Å². The van der Waals surface area contributed by atoms with E-state index in [1.807, 2.05) is 36.4 Å². The van der Waals surface area contributed by atoms with Gasteiger partial charge in [0.15, 0.2) is 5.82 Å². The number of pyridine rings is 1. The molecule has 0 radical (unpaired) electrons. The van der Waals surface area contributed by atoms with Crippen LogP contribution in [0.25, 0.3) is 20.4 Å². The van der Waals surface area contributed by atoms with E-state index in [0.29, 0.717) is 0 Å². The Bertz CT molecular complexity index is 981. The number of nitrogens with one attached hydrogen (secondary N) is 1. The first kappa shape index (κ1) is 14.8. The van der Waals surface area contributed by atoms with Gasteiger partial charge in [-0.05, 0) is 42.8 Å². The molecule has 0 amide bonds. The molecule has 6 heteroatoms. The maximum atomic E-state index is 5.61. The van der Waals surface area contributed by atoms with Crippen LogP contribution >= 0.6 is 11.3 Å². The lowest BCUT2D eigenvalue weighted by Gasteiger charge is -2.08. The topological polar surface area (TPSA) is 59.9 Å². The van der Waals surface area contributed by atoms with Gasteiger partial charge in [0.2, 0.25) is 0 Å². The largest absolute Gasteiger partial charge is 0.494 e. The summed E-state index contributed by atoms with van der Waals surface area (Å²) < 4.78 is 6.62. The summed E-state index contributed by atoms with van der Waals surface area (Å²) in [5.74, 6) is 1.67. The van der Waals surface area contributed by atoms with Crippen molar-refractivity contribution in [3.63, 3.8) is 0 Å². The van der Waals surface area contributed by atoms with E-state index in [1.165, 1.54) is 0 Å². The van der Waals surface area contributed by atoms with Crippen LogP contribution in [0.3, 0.4) is 0 Å². The number of fused-ring (bicyclic) bond motifs is 3. The summed E-state index contributed by atoms with van der Waals surface area (Å²) in [6, 6.07) is 11.9. The van der Waals surface area contributed by atoms with E-state index < -0.39 is 0 Å². The second kappa shape index (κ2) is 6.41. The maximum Gasteiger partial charge on any atom is 0.151 e. The molecule has 3 aromatic heterocycles. The minimum absolute atomic E-state index is 0.730. The van der Waals surface area contributed by atoms with Crippen molar-refractivity contribution in [2.75, 3.05) is 11.9 Å². The van der Waals surface area contributed by atoms with Crippen molar-refractivity contribution < 1.29 is 4.74 Å². The van der Waals surface area contributed by atoms with Gasteiger partial charge in [-0.1, -0.05) is 6.92 Å². The molecule has 0 aliphatic heterocycles. The quantitative estimate of drug-likeness (QED) is 0.569. The van der Waals surface area contributed by atoms with E-state index in [9.17, 15) is 0 Å². The van der Waals surface area contributed by atoms with Gasteiger partial charge < -0.3 is 10.1 Å². The van der Waals surface area contributed by atoms with Gasteiger partial charge in [0.25, 0.3) is 0 Å². The van der Waals surface area contributed by atoms with Gasteiger partial charge in [-0.3, -0.25) is 0 Å². The molecule has 1 N–H and O–H groups in total. The highest BCUT2D eigenvalue weighted by atomic mass is 32.1. The number of benzene rings is 1. The summed E-state index contributed by atoms with van der Waals surface area (Å²) in [5, 5.41) is 4.43. The van der Waals surface area contributed by atoms with Crippen LogP contribution < -0.4 is 10.1 Å². The molecule has 0 unspecified atom stereocenters. The van der Waals surface area contributed by atoms with Crippen LogP contribution in [-0.4, -0.2) is 21.6 Å². The fourth-order valence-corrected chi connectivity index (χ4v) is 3.53. The van der Waals surface area contributed by atoms with Crippen LogP contribution in [-0.2, 0) is 0 Å². The molecule has 0 aliphatic rings. The van der Waals surface area contributed by atoms with Crippen LogP contribution in [0.5, 0.6) is 5.75 Å². The van der Waals surface area contributed by atoms with Crippen LogP contribution in [0.4, 0.5) is 11.5 Å². The molecule has 4 rings (SSSR count). The minimum Gasteiger partial charge on any atom is -0.494 e. The molecule has 0 atom stereocenters. The smallest absolute Gasteiger partial charge is 0.151 e. The molecule has 0 saturated carbocycles. The molecule has 3 heterocycles. The molecular weight excluding hydrogens is 320 g/mol. The molecule has 0 fully saturated rings. The molecular formula is C18H16N4OS. The number of nitrogens with zero attached hydrogens (tertiary/aromatic N) is 3. The molecule has 0 spiro atoms. The van der Waals surface area contributed by atoms with Gasteiger partial charge in [-0.2, -0.15) is 0 Å². The number of ether oxygens (including phenoxy) is 1. The second-order valence-corrected chi connectivity index (χ2v) is 6.36. The Hall–Kier alpha value is -2.73. The van der Waals surface area contributed by atoms with Crippen molar-refractivity contribution in [3.8, 4) is 5.75 Å². The number of anilines is 2. The Kier molecular flexibility index (Phi) is 3.96. The number of hydrogen-bond donors (Lipinski definition) is 1. The molecule has 0 saturated heterocycles. The lowest BCUT2D eigenvalue weighted by atomic mass is 10.3. The Labute approximate surface area is 143 Å². The first-order valence-electron chi connectivity index (χ1n) is 7.83. The maximum absolute atomic E-state index is 5.61. The number of hydrogen-bond acceptors (Lipinski definition) is 6. The third-order valence-corrected chi connectivity index (χ3v) is 4.73. The normalized spacial score (nSPS) is 11.0. The van der Waals surface area contributed by atoms with Gasteiger partial charge in [0.05, 0.1) is 16.8 Å². The highest BCUT2D eigenvalue weighted by molar-refractivity contribution is 7.25. The van der Waals surface area contributed by atoms with Gasteiger partial charge >= 0.3 is 0 Å². The highest BCUT2D eigenvalue weighted by Crippen LogP contribution is 2.35. The van der Waals surface area contributed by atoms with Crippen molar-refractivity contribution in [2.24, 2.45) is 0 Å². The summed E-state index contributed by atoms with van der Waals surface area (Å²) in [6.07, 6.45) is 4.38. The molecule has 120 valence electrons. The SMILES string of the molecule is CCCOc1ccc(Nc2ncnc3c2sc2ncccc23)cc1. The lowest BCUT2D eigenvalue weighted by Crippen LogP contribution is -1.96. The van der Waals surface area contributed by atoms with E-state index in [4.69, 9.17) is 4.74 Å². The molecule has 4 aromatic rings. The van der Waals surface area contributed by atoms with Crippen LogP contribution in [0, 0.1) is 0 Å². The average molecular weight is 336 g/mol. The van der Waals surface area contributed by atoms with Crippen molar-refractivity contribution in [1.82, 2.24) is 15.0 Å². The first-order chi connectivity index (χ1) is 11.8. The van der Waals surface area contributed by atoms with Gasteiger partial charge in [0, 0.05) is 17.3 Å². The zero-order valence-electron chi connectivity index (χ0n) is 13.2. The standard InChI is InChI=1S/C18H16N4OS/c1-2-10-23-13-7-5-12(6-8-13)22-17-16-15(20-11-21-17)14-4-3-9-19-18(14)24-16/h3-9,11H,2,10H2,1H3,(H,20,21,22). The highest BCUT2D eigenvalue weighted by Gasteiger charge is 2.11. The number of rotatable bonds is 5. The summed E-state index contributed by atoms with van der Waals surface area (Å²) in [5.41, 5.74) is 1.90. The molecule has 0 bridgehead atoms. The summed E-state index contributed by atoms with van der Waals surface area (Å²) in [6.45, 7) is 2.82. The van der Waals surface area contributed by atoms with E-state index in [0.717, 1.165) is 50.7 Å². The van der Waals surface area contributed by atoms with Gasteiger partial charge in [-0.25, -0.2) is 15.0 Å². The fraction of sp³-hybridized carbons (Fsp3) is 0.167. The third kappa shape index (κ3) is 2.76. The van der Waals surface area contributed by atoms with Crippen LogP contribution in [0.1, 0.15) is 13.3 Å². The minimum atomic E-state index is 0.730. The second-order valence-electron chi connectivity index (χ2n) is 5.36. The zero-order valence-corrected chi connectivity index (χ0v) is 14.0. The van der Waals surface area contributed by atoms with Crippen LogP contribution in [0.2, 0.25) is 0 Å². The Morgan fingerprint density at radius 1 is 1.08 bits per heavy atom. The van der Waals surface area contributed by atoms with Gasteiger partial charge in [-0.15, -0.1) is 11.3 Å². The zero-order chi connectivity index (χ0) is 16.4. The average Bonchev–Trinajstić information content (AvgIpc) is 3.01. The van der Waals surface area contributed by atoms with E-state index >= 15 is 0 Å². The Balaban J connectivity index is 1.67. The molecule has 24 heavy (non-hydrogen) atoms. The Morgan fingerprint density at radius 2 is 1.96 bits per heavy atom. The van der Waals surface area contributed by atoms with E-state index in [2.05, 4.69) is 27.2 Å². The summed E-state index contributed by atoms with van der Waals surface area (Å²) in [7, 11) is 0. The molecule has 1 aromatic carbocycles. The van der Waals surface area contributed by atoms with Crippen molar-refractivity contribution in [1.29, 1.82) is 0 Å². The van der Waals surface area contributed by atoms with E-state index in [-0.39, 0.29) is 0 Å².